The predicted octanol–water partition coefficient (Wildman–Crippen LogP) is 2.24. The number of carbonyl (C=O) groups is 1. The van der Waals surface area contributed by atoms with Gasteiger partial charge in [0.15, 0.2) is 0 Å². The molecule has 0 unspecified atom stereocenters. The van der Waals surface area contributed by atoms with E-state index in [-0.39, 0.29) is 5.91 Å². The van der Waals surface area contributed by atoms with E-state index >= 15 is 0 Å². The van der Waals surface area contributed by atoms with Gasteiger partial charge in [0.25, 0.3) is 0 Å². The van der Waals surface area contributed by atoms with E-state index in [0.717, 1.165) is 10.8 Å². The summed E-state index contributed by atoms with van der Waals surface area (Å²) in [6, 6.07) is 3.54. The number of hydrogen-bond donors (Lipinski definition) is 1. The summed E-state index contributed by atoms with van der Waals surface area (Å²) >= 11 is 5.76. The van der Waals surface area contributed by atoms with Crippen LogP contribution < -0.4 is 5.32 Å². The Morgan fingerprint density at radius 2 is 2.27 bits per heavy atom. The van der Waals surface area contributed by atoms with Crippen LogP contribution in [0.4, 0.5) is 5.82 Å². The first kappa shape index (κ1) is 9.86. The largest absolute Gasteiger partial charge is 0.310 e. The van der Waals surface area contributed by atoms with Gasteiger partial charge >= 0.3 is 0 Å². The first-order valence-corrected chi connectivity index (χ1v) is 4.72. The topological polar surface area (TPSA) is 54.9 Å². The summed E-state index contributed by atoms with van der Waals surface area (Å²) in [4.78, 5) is 18.9. The number of nitrogens with one attached hydrogen (secondary N) is 1. The van der Waals surface area contributed by atoms with E-state index in [1.807, 2.05) is 6.07 Å². The lowest BCUT2D eigenvalue weighted by Crippen LogP contribution is -2.07. The van der Waals surface area contributed by atoms with Gasteiger partial charge in [0.1, 0.15) is 11.0 Å². The van der Waals surface area contributed by atoms with Crippen LogP contribution in [-0.4, -0.2) is 15.9 Å². The van der Waals surface area contributed by atoms with Gasteiger partial charge in [0.2, 0.25) is 5.91 Å². The maximum atomic E-state index is 10.9. The highest BCUT2D eigenvalue weighted by Crippen LogP contribution is 2.22. The van der Waals surface area contributed by atoms with Gasteiger partial charge in [-0.05, 0) is 17.5 Å². The summed E-state index contributed by atoms with van der Waals surface area (Å²) in [5.41, 5.74) is 0. The molecule has 0 saturated heterocycles. The van der Waals surface area contributed by atoms with Crippen LogP contribution >= 0.6 is 11.6 Å². The molecule has 2 aromatic rings. The Balaban J connectivity index is 2.60. The van der Waals surface area contributed by atoms with Crippen molar-refractivity contribution in [1.29, 1.82) is 0 Å². The molecule has 0 atom stereocenters. The van der Waals surface area contributed by atoms with Crippen LogP contribution in [0.1, 0.15) is 6.92 Å². The van der Waals surface area contributed by atoms with Crippen LogP contribution in [0.5, 0.6) is 0 Å². The monoisotopic (exact) mass is 221 g/mol. The molecular weight excluding hydrogens is 214 g/mol. The minimum atomic E-state index is -0.162. The lowest BCUT2D eigenvalue weighted by atomic mass is 10.2. The first-order chi connectivity index (χ1) is 7.16. The number of pyridine rings is 2. The quantitative estimate of drug-likeness (QED) is 0.752. The number of anilines is 1. The van der Waals surface area contributed by atoms with Crippen molar-refractivity contribution in [3.63, 3.8) is 0 Å². The molecule has 0 fully saturated rings. The number of amides is 1. The molecular formula is C10H8ClN3O. The van der Waals surface area contributed by atoms with Gasteiger partial charge in [-0.1, -0.05) is 11.6 Å². The molecule has 0 bridgehead atoms. The molecule has 0 spiro atoms. The lowest BCUT2D eigenvalue weighted by molar-refractivity contribution is -0.114. The molecule has 0 aromatic carbocycles. The van der Waals surface area contributed by atoms with Crippen LogP contribution in [0, 0.1) is 0 Å². The molecule has 1 amide bonds. The van der Waals surface area contributed by atoms with Crippen molar-refractivity contribution in [3.8, 4) is 0 Å². The zero-order valence-corrected chi connectivity index (χ0v) is 8.75. The standard InChI is InChI=1S/C10H8ClN3O/c1-6(15)14-10-8-5-13-9(11)4-7(8)2-3-12-10/h2-5H,1H3,(H,12,14,15). The summed E-state index contributed by atoms with van der Waals surface area (Å²) in [7, 11) is 0. The Hall–Kier alpha value is -1.68. The second kappa shape index (κ2) is 3.82. The van der Waals surface area contributed by atoms with Gasteiger partial charge in [-0.3, -0.25) is 4.79 Å². The Morgan fingerprint density at radius 3 is 3.00 bits per heavy atom. The predicted molar refractivity (Wildman–Crippen MR) is 58.9 cm³/mol. The highest BCUT2D eigenvalue weighted by molar-refractivity contribution is 6.30. The number of fused-ring (bicyclic) bond motifs is 1. The molecule has 1 N–H and O–H groups in total. The van der Waals surface area contributed by atoms with Crippen molar-refractivity contribution in [1.82, 2.24) is 9.97 Å². The minimum Gasteiger partial charge on any atom is -0.310 e. The molecule has 2 aromatic heterocycles. The van der Waals surface area contributed by atoms with E-state index in [1.54, 1.807) is 18.5 Å². The summed E-state index contributed by atoms with van der Waals surface area (Å²) < 4.78 is 0. The van der Waals surface area contributed by atoms with E-state index in [0.29, 0.717) is 11.0 Å². The Kier molecular flexibility index (Phi) is 2.51. The Labute approximate surface area is 91.3 Å². The summed E-state index contributed by atoms with van der Waals surface area (Å²) in [6.45, 7) is 1.43. The molecule has 4 nitrogen and oxygen atoms in total. The smallest absolute Gasteiger partial charge is 0.222 e. The number of halogens is 1. The number of carbonyl (C=O) groups excluding carboxylic acids is 1. The average Bonchev–Trinajstić information content (AvgIpc) is 2.16. The fourth-order valence-corrected chi connectivity index (χ4v) is 1.47. The fraction of sp³-hybridized carbons (Fsp3) is 0.100. The molecule has 2 rings (SSSR count). The van der Waals surface area contributed by atoms with Crippen molar-refractivity contribution in [2.75, 3.05) is 5.32 Å². The van der Waals surface area contributed by atoms with Gasteiger partial charge in [-0.2, -0.15) is 0 Å². The molecule has 15 heavy (non-hydrogen) atoms. The molecule has 0 aliphatic heterocycles. The molecule has 2 heterocycles. The third-order valence-electron chi connectivity index (χ3n) is 1.91. The average molecular weight is 222 g/mol. The van der Waals surface area contributed by atoms with E-state index in [2.05, 4.69) is 15.3 Å². The van der Waals surface area contributed by atoms with E-state index in [9.17, 15) is 4.79 Å². The zero-order chi connectivity index (χ0) is 10.8. The number of nitrogens with zero attached hydrogens (tertiary/aromatic N) is 2. The van der Waals surface area contributed by atoms with E-state index in [1.165, 1.54) is 6.92 Å². The van der Waals surface area contributed by atoms with Crippen LogP contribution in [0.15, 0.2) is 24.5 Å². The second-order valence-corrected chi connectivity index (χ2v) is 3.46. The minimum absolute atomic E-state index is 0.162. The maximum Gasteiger partial charge on any atom is 0.222 e. The Bertz CT molecular complexity index is 527. The SMILES string of the molecule is CC(=O)Nc1nccc2cc(Cl)ncc12. The molecule has 0 radical (unpaired) electrons. The summed E-state index contributed by atoms with van der Waals surface area (Å²) in [5, 5.41) is 4.73. The number of hydrogen-bond acceptors (Lipinski definition) is 3. The highest BCUT2D eigenvalue weighted by Gasteiger charge is 2.04. The van der Waals surface area contributed by atoms with Gasteiger partial charge in [0.05, 0.1) is 0 Å². The molecule has 0 aliphatic carbocycles. The van der Waals surface area contributed by atoms with Crippen LogP contribution in [-0.2, 0) is 4.79 Å². The summed E-state index contributed by atoms with van der Waals surface area (Å²) in [5.74, 6) is 0.342. The number of aromatic nitrogens is 2. The van der Waals surface area contributed by atoms with E-state index < -0.39 is 0 Å². The van der Waals surface area contributed by atoms with Crippen LogP contribution in [0.3, 0.4) is 0 Å². The third-order valence-corrected chi connectivity index (χ3v) is 2.12. The molecule has 0 aliphatic rings. The first-order valence-electron chi connectivity index (χ1n) is 4.34. The van der Waals surface area contributed by atoms with Crippen molar-refractivity contribution < 1.29 is 4.79 Å². The van der Waals surface area contributed by atoms with Crippen molar-refractivity contribution in [2.45, 2.75) is 6.92 Å². The van der Waals surface area contributed by atoms with Crippen LogP contribution in [0.2, 0.25) is 5.15 Å². The fourth-order valence-electron chi connectivity index (χ4n) is 1.31. The van der Waals surface area contributed by atoms with Gasteiger partial charge < -0.3 is 5.32 Å². The van der Waals surface area contributed by atoms with Gasteiger partial charge in [-0.25, -0.2) is 9.97 Å². The molecule has 5 heteroatoms. The third kappa shape index (κ3) is 2.05. The van der Waals surface area contributed by atoms with Crippen molar-refractivity contribution in [3.05, 3.63) is 29.7 Å². The van der Waals surface area contributed by atoms with Crippen molar-refractivity contribution >= 4 is 34.1 Å². The van der Waals surface area contributed by atoms with Crippen LogP contribution in [0.25, 0.3) is 10.8 Å². The maximum absolute atomic E-state index is 10.9. The lowest BCUT2D eigenvalue weighted by Gasteiger charge is -2.04. The molecule has 0 saturated carbocycles. The molecule has 76 valence electrons. The highest BCUT2D eigenvalue weighted by atomic mass is 35.5. The van der Waals surface area contributed by atoms with Gasteiger partial charge in [0, 0.05) is 24.7 Å². The number of rotatable bonds is 1. The Morgan fingerprint density at radius 1 is 1.47 bits per heavy atom. The summed E-state index contributed by atoms with van der Waals surface area (Å²) in [6.07, 6.45) is 3.21. The normalized spacial score (nSPS) is 10.3. The van der Waals surface area contributed by atoms with Crippen molar-refractivity contribution in [2.24, 2.45) is 0 Å². The second-order valence-electron chi connectivity index (χ2n) is 3.07. The van der Waals surface area contributed by atoms with E-state index in [4.69, 9.17) is 11.6 Å². The van der Waals surface area contributed by atoms with Gasteiger partial charge in [-0.15, -0.1) is 0 Å². The zero-order valence-electron chi connectivity index (χ0n) is 7.99.